The van der Waals surface area contributed by atoms with Crippen molar-refractivity contribution in [3.8, 4) is 0 Å². The van der Waals surface area contributed by atoms with Crippen LogP contribution < -0.4 is 4.89 Å². The molecule has 0 bridgehead atoms. The van der Waals surface area contributed by atoms with Crippen molar-refractivity contribution in [2.24, 2.45) is 0 Å². The predicted octanol–water partition coefficient (Wildman–Crippen LogP) is 4.63. The maximum absolute atomic E-state index is 12.8. The van der Waals surface area contributed by atoms with Crippen LogP contribution in [-0.4, -0.2) is 74.4 Å². The highest BCUT2D eigenvalue weighted by Crippen LogP contribution is 2.39. The lowest BCUT2D eigenvalue weighted by atomic mass is 10.0. The smallest absolute Gasteiger partial charge is 0.417 e. The summed E-state index contributed by atoms with van der Waals surface area (Å²) < 4.78 is 27.9. The molecule has 0 spiro atoms. The minimum Gasteiger partial charge on any atom is -0.756 e. The van der Waals surface area contributed by atoms with Crippen LogP contribution in [0.1, 0.15) is 90.9 Å². The summed E-state index contributed by atoms with van der Waals surface area (Å²) in [6, 6.07) is -0.533. The second-order valence-electron chi connectivity index (χ2n) is 10.2. The summed E-state index contributed by atoms with van der Waals surface area (Å²) in [6.07, 6.45) is 10.2. The zero-order valence-corrected chi connectivity index (χ0v) is 22.9. The first-order chi connectivity index (χ1) is 16.0. The summed E-state index contributed by atoms with van der Waals surface area (Å²) >= 11 is 0. The number of hydrogen-bond donors (Lipinski definition) is 0. The van der Waals surface area contributed by atoms with Crippen LogP contribution >= 0.6 is 7.82 Å². The number of carbonyl (C=O) groups is 2. The first kappa shape index (κ1) is 31.0. The Morgan fingerprint density at radius 1 is 1.00 bits per heavy atom. The SMILES string of the molecule is CCCCCCCCCCCC(=O)N1C(=O)O[C@@H](COP(=O)([O-])OCC[N+](C)(C)C)[C@@H]1CCC. The number of nitrogens with zero attached hydrogens (tertiary/aromatic N) is 2. The highest BCUT2D eigenvalue weighted by atomic mass is 31.2. The van der Waals surface area contributed by atoms with E-state index in [2.05, 4.69) is 6.92 Å². The normalized spacial score (nSPS) is 20.4. The number of amides is 2. The number of hydrogen-bond acceptors (Lipinski definition) is 7. The van der Waals surface area contributed by atoms with E-state index in [1.807, 2.05) is 28.1 Å². The lowest BCUT2D eigenvalue weighted by Gasteiger charge is -2.28. The molecule has 0 N–H and O–H groups in total. The van der Waals surface area contributed by atoms with Gasteiger partial charge in [-0.15, -0.1) is 0 Å². The summed E-state index contributed by atoms with van der Waals surface area (Å²) in [7, 11) is 1.24. The number of ether oxygens (including phenoxy) is 1. The number of imide groups is 1. The second kappa shape index (κ2) is 15.9. The number of likely N-dealkylation sites (N-methyl/N-ethyl adjacent to an activating group) is 1. The summed E-state index contributed by atoms with van der Waals surface area (Å²) in [6.45, 7) is 4.28. The van der Waals surface area contributed by atoms with E-state index < -0.39 is 26.1 Å². The molecule has 0 saturated carbocycles. The summed E-state index contributed by atoms with van der Waals surface area (Å²) in [5.74, 6) is -0.265. The molecule has 3 atom stereocenters. The summed E-state index contributed by atoms with van der Waals surface area (Å²) in [5, 5.41) is 0. The van der Waals surface area contributed by atoms with Gasteiger partial charge in [-0.25, -0.2) is 9.69 Å². The molecule has 9 nitrogen and oxygen atoms in total. The van der Waals surface area contributed by atoms with E-state index in [0.717, 1.165) is 24.2 Å². The number of phosphoric ester groups is 1. The third-order valence-corrected chi connectivity index (χ3v) is 6.93. The Bertz CT molecular complexity index is 654. The molecule has 0 aromatic heterocycles. The van der Waals surface area contributed by atoms with Crippen LogP contribution in [0.3, 0.4) is 0 Å². The van der Waals surface area contributed by atoms with Gasteiger partial charge in [0.05, 0.1) is 33.8 Å². The Balaban J connectivity index is 2.46. The van der Waals surface area contributed by atoms with Gasteiger partial charge < -0.3 is 23.2 Å². The highest BCUT2D eigenvalue weighted by molar-refractivity contribution is 7.45. The van der Waals surface area contributed by atoms with Gasteiger partial charge in [0.2, 0.25) is 5.91 Å². The Hall–Kier alpha value is -0.990. The van der Waals surface area contributed by atoms with Crippen LogP contribution in [-0.2, 0) is 23.1 Å². The Morgan fingerprint density at radius 2 is 1.59 bits per heavy atom. The number of phosphoric acid groups is 1. The zero-order valence-electron chi connectivity index (χ0n) is 22.0. The van der Waals surface area contributed by atoms with Gasteiger partial charge in [-0.1, -0.05) is 71.6 Å². The highest BCUT2D eigenvalue weighted by Gasteiger charge is 2.44. The third-order valence-electron chi connectivity index (χ3n) is 5.97. The molecule has 1 heterocycles. The molecule has 1 rings (SSSR count). The van der Waals surface area contributed by atoms with Gasteiger partial charge in [-0.3, -0.25) is 9.36 Å². The quantitative estimate of drug-likeness (QED) is 0.143. The molecule has 0 radical (unpaired) electrons. The molecule has 0 aromatic rings. The van der Waals surface area contributed by atoms with Gasteiger partial charge in [0.1, 0.15) is 19.3 Å². The summed E-state index contributed by atoms with van der Waals surface area (Å²) in [5.41, 5.74) is 0. The van der Waals surface area contributed by atoms with Crippen LogP contribution in [0.25, 0.3) is 0 Å². The van der Waals surface area contributed by atoms with E-state index in [0.29, 0.717) is 23.9 Å². The molecular weight excluding hydrogens is 459 g/mol. The van der Waals surface area contributed by atoms with Crippen LogP contribution in [0.15, 0.2) is 0 Å². The molecule has 200 valence electrons. The Kier molecular flexibility index (Phi) is 14.5. The molecule has 1 aliphatic rings. The topological polar surface area (TPSA) is 105 Å². The van der Waals surface area contributed by atoms with E-state index in [1.165, 1.54) is 38.5 Å². The van der Waals surface area contributed by atoms with Crippen LogP contribution in [0.5, 0.6) is 0 Å². The van der Waals surface area contributed by atoms with E-state index >= 15 is 0 Å². The molecule has 1 aliphatic heterocycles. The predicted molar refractivity (Wildman–Crippen MR) is 130 cm³/mol. The van der Waals surface area contributed by atoms with Crippen molar-refractivity contribution in [3.05, 3.63) is 0 Å². The van der Waals surface area contributed by atoms with Gasteiger partial charge in [0, 0.05) is 6.42 Å². The largest absolute Gasteiger partial charge is 0.756 e. The maximum atomic E-state index is 12.8. The molecule has 10 heteroatoms. The van der Waals surface area contributed by atoms with Gasteiger partial charge in [-0.05, 0) is 12.8 Å². The lowest BCUT2D eigenvalue weighted by Crippen LogP contribution is -2.42. The summed E-state index contributed by atoms with van der Waals surface area (Å²) in [4.78, 5) is 38.5. The monoisotopic (exact) mass is 506 g/mol. The van der Waals surface area contributed by atoms with E-state index in [1.54, 1.807) is 0 Å². The van der Waals surface area contributed by atoms with Crippen molar-refractivity contribution in [2.45, 2.75) is 103 Å². The fraction of sp³-hybridized carbons (Fsp3) is 0.917. The number of quaternary nitrogens is 1. The molecule has 2 amide bonds. The van der Waals surface area contributed by atoms with Crippen molar-refractivity contribution in [2.75, 3.05) is 40.9 Å². The molecule has 0 aromatic carbocycles. The van der Waals surface area contributed by atoms with E-state index in [9.17, 15) is 19.0 Å². The number of cyclic esters (lactones) is 1. The van der Waals surface area contributed by atoms with E-state index in [4.69, 9.17) is 13.8 Å². The van der Waals surface area contributed by atoms with Crippen molar-refractivity contribution < 1.29 is 37.3 Å². The number of rotatable bonds is 19. The van der Waals surface area contributed by atoms with Gasteiger partial charge in [0.25, 0.3) is 7.82 Å². The first-order valence-electron chi connectivity index (χ1n) is 12.9. The second-order valence-corrected chi connectivity index (χ2v) is 11.6. The molecule has 1 unspecified atom stereocenters. The van der Waals surface area contributed by atoms with Crippen molar-refractivity contribution in [3.63, 3.8) is 0 Å². The Morgan fingerprint density at radius 3 is 2.15 bits per heavy atom. The zero-order chi connectivity index (χ0) is 25.6. The van der Waals surface area contributed by atoms with Gasteiger partial charge >= 0.3 is 6.09 Å². The van der Waals surface area contributed by atoms with E-state index in [-0.39, 0.29) is 25.5 Å². The molecular formula is C24H47N2O7P. The average Bonchev–Trinajstić information content (AvgIpc) is 3.05. The Labute approximate surface area is 206 Å². The van der Waals surface area contributed by atoms with Crippen LogP contribution in [0.4, 0.5) is 4.79 Å². The number of unbranched alkanes of at least 4 members (excludes halogenated alkanes) is 8. The van der Waals surface area contributed by atoms with Crippen LogP contribution in [0.2, 0.25) is 0 Å². The molecule has 1 fully saturated rings. The van der Waals surface area contributed by atoms with Gasteiger partial charge in [0.15, 0.2) is 0 Å². The number of carbonyl (C=O) groups excluding carboxylic acids is 2. The molecule has 0 aliphatic carbocycles. The van der Waals surface area contributed by atoms with Crippen molar-refractivity contribution in [1.82, 2.24) is 4.90 Å². The lowest BCUT2D eigenvalue weighted by molar-refractivity contribution is -0.870. The first-order valence-corrected chi connectivity index (χ1v) is 14.4. The minimum absolute atomic E-state index is 0.00350. The van der Waals surface area contributed by atoms with Gasteiger partial charge in [-0.2, -0.15) is 0 Å². The van der Waals surface area contributed by atoms with Crippen LogP contribution in [0, 0.1) is 0 Å². The fourth-order valence-electron chi connectivity index (χ4n) is 3.94. The van der Waals surface area contributed by atoms with Crippen molar-refractivity contribution in [1.29, 1.82) is 0 Å². The fourth-order valence-corrected chi connectivity index (χ4v) is 4.65. The molecule has 34 heavy (non-hydrogen) atoms. The third kappa shape index (κ3) is 12.6. The standard InChI is InChI=1S/C24H47N2O7P/c1-6-8-9-10-11-12-13-14-15-17-23(27)25-21(16-7-2)22(33-24(25)28)20-32-34(29,30)31-19-18-26(3,4)5/h21-22H,6-20H2,1-5H3/t21-,22-/m0/s1. The van der Waals surface area contributed by atoms with Crippen molar-refractivity contribution >= 4 is 19.8 Å². The minimum atomic E-state index is -4.53. The maximum Gasteiger partial charge on any atom is 0.417 e. The molecule has 1 saturated heterocycles. The average molecular weight is 507 g/mol.